The average molecular weight is 364 g/mol. The van der Waals surface area contributed by atoms with E-state index in [-0.39, 0.29) is 17.0 Å². The zero-order chi connectivity index (χ0) is 19.6. The van der Waals surface area contributed by atoms with Gasteiger partial charge in [-0.1, -0.05) is 50.3 Å². The van der Waals surface area contributed by atoms with E-state index in [0.29, 0.717) is 11.4 Å². The highest BCUT2D eigenvalue weighted by Gasteiger charge is 2.19. The number of nitrogens with zero attached hydrogens (tertiary/aromatic N) is 3. The van der Waals surface area contributed by atoms with E-state index in [1.807, 2.05) is 55.5 Å². The summed E-state index contributed by atoms with van der Waals surface area (Å²) in [6.45, 7) is 8.27. The zero-order valence-corrected chi connectivity index (χ0v) is 16.3. The highest BCUT2D eigenvalue weighted by atomic mass is 16.5. The third kappa shape index (κ3) is 3.84. The van der Waals surface area contributed by atoms with Crippen molar-refractivity contribution in [3.8, 4) is 11.4 Å². The number of ether oxygens (including phenoxy) is 1. The van der Waals surface area contributed by atoms with Crippen LogP contribution in [0.3, 0.4) is 0 Å². The molecule has 0 aliphatic heterocycles. The number of carbonyl (C=O) groups is 1. The van der Waals surface area contributed by atoms with E-state index >= 15 is 0 Å². The maximum Gasteiger partial charge on any atom is 0.278 e. The first-order valence-electron chi connectivity index (χ1n) is 8.79. The maximum absolute atomic E-state index is 12.7. The van der Waals surface area contributed by atoms with Gasteiger partial charge in [0.2, 0.25) is 0 Å². The summed E-state index contributed by atoms with van der Waals surface area (Å²) in [7, 11) is 1.60. The topological polar surface area (TPSA) is 69.0 Å². The largest absolute Gasteiger partial charge is 0.494 e. The fraction of sp³-hybridized carbons (Fsp3) is 0.286. The highest BCUT2D eigenvalue weighted by Crippen LogP contribution is 2.25. The Morgan fingerprint density at radius 3 is 2.37 bits per heavy atom. The number of para-hydroxylation sites is 2. The summed E-state index contributed by atoms with van der Waals surface area (Å²) >= 11 is 0. The first-order valence-corrected chi connectivity index (χ1v) is 8.79. The maximum atomic E-state index is 12.7. The second-order valence-electron chi connectivity index (χ2n) is 7.39. The number of amides is 1. The summed E-state index contributed by atoms with van der Waals surface area (Å²) in [5.41, 5.74) is 3.65. The first kappa shape index (κ1) is 18.6. The van der Waals surface area contributed by atoms with Gasteiger partial charge in [0.15, 0.2) is 5.69 Å². The number of rotatable bonds is 4. The molecular formula is C21H24N4O2. The number of aromatic nitrogens is 3. The van der Waals surface area contributed by atoms with Crippen LogP contribution in [0.15, 0.2) is 48.5 Å². The van der Waals surface area contributed by atoms with Crippen LogP contribution in [0, 0.1) is 6.92 Å². The summed E-state index contributed by atoms with van der Waals surface area (Å²) in [6, 6.07) is 15.3. The molecule has 0 fully saturated rings. The van der Waals surface area contributed by atoms with Crippen LogP contribution in [0.2, 0.25) is 0 Å². The second-order valence-corrected chi connectivity index (χ2v) is 7.39. The average Bonchev–Trinajstić information content (AvgIpc) is 3.02. The molecule has 0 saturated heterocycles. The van der Waals surface area contributed by atoms with Gasteiger partial charge in [0.25, 0.3) is 5.91 Å². The zero-order valence-electron chi connectivity index (χ0n) is 16.3. The number of nitrogens with one attached hydrogen (secondary N) is 1. The summed E-state index contributed by atoms with van der Waals surface area (Å²) in [6.07, 6.45) is 0. The molecule has 1 N–H and O–H groups in total. The highest BCUT2D eigenvalue weighted by molar-refractivity contribution is 6.03. The molecule has 0 unspecified atom stereocenters. The number of benzene rings is 2. The number of anilines is 1. The van der Waals surface area contributed by atoms with E-state index in [1.165, 1.54) is 5.56 Å². The lowest BCUT2D eigenvalue weighted by Gasteiger charge is -2.19. The molecule has 1 aromatic heterocycles. The number of carbonyl (C=O) groups excluding carboxylic acids is 1. The van der Waals surface area contributed by atoms with Gasteiger partial charge < -0.3 is 10.1 Å². The Bertz CT molecular complexity index is 953. The minimum absolute atomic E-state index is 0.0660. The van der Waals surface area contributed by atoms with Crippen molar-refractivity contribution in [3.63, 3.8) is 0 Å². The van der Waals surface area contributed by atoms with Crippen LogP contribution in [-0.4, -0.2) is 28.0 Å². The Balaban J connectivity index is 1.83. The van der Waals surface area contributed by atoms with Crippen molar-refractivity contribution >= 4 is 11.6 Å². The van der Waals surface area contributed by atoms with Crippen LogP contribution in [-0.2, 0) is 5.41 Å². The van der Waals surface area contributed by atoms with Crippen LogP contribution < -0.4 is 10.1 Å². The molecule has 0 bridgehead atoms. The van der Waals surface area contributed by atoms with E-state index in [9.17, 15) is 4.79 Å². The fourth-order valence-corrected chi connectivity index (χ4v) is 2.82. The van der Waals surface area contributed by atoms with Crippen molar-refractivity contribution in [2.75, 3.05) is 12.4 Å². The second kappa shape index (κ2) is 7.23. The van der Waals surface area contributed by atoms with Crippen molar-refractivity contribution in [1.29, 1.82) is 0 Å². The van der Waals surface area contributed by atoms with Crippen LogP contribution in [0.4, 0.5) is 5.69 Å². The first-order chi connectivity index (χ1) is 12.8. The molecule has 0 radical (unpaired) electrons. The molecular weight excluding hydrogens is 340 g/mol. The Labute approximate surface area is 159 Å². The molecule has 1 amide bonds. The fourth-order valence-electron chi connectivity index (χ4n) is 2.82. The summed E-state index contributed by atoms with van der Waals surface area (Å²) in [5, 5.41) is 11.1. The van der Waals surface area contributed by atoms with Gasteiger partial charge in [-0.3, -0.25) is 4.79 Å². The number of methoxy groups -OCH3 is 1. The van der Waals surface area contributed by atoms with Gasteiger partial charge in [0.1, 0.15) is 11.4 Å². The molecule has 3 rings (SSSR count). The predicted octanol–water partition coefficient (Wildman–Crippen LogP) is 4.13. The van der Waals surface area contributed by atoms with Crippen molar-refractivity contribution in [1.82, 2.24) is 15.0 Å². The molecule has 3 aromatic rings. The Morgan fingerprint density at radius 1 is 1.07 bits per heavy atom. The van der Waals surface area contributed by atoms with Gasteiger partial charge in [-0.2, -0.15) is 0 Å². The molecule has 140 valence electrons. The van der Waals surface area contributed by atoms with Crippen molar-refractivity contribution in [3.05, 3.63) is 65.5 Å². The Hall–Kier alpha value is -3.15. The molecule has 6 heteroatoms. The molecule has 0 spiro atoms. The van der Waals surface area contributed by atoms with Gasteiger partial charge in [0, 0.05) is 5.69 Å². The predicted molar refractivity (Wildman–Crippen MR) is 106 cm³/mol. The summed E-state index contributed by atoms with van der Waals surface area (Å²) < 4.78 is 6.98. The smallest absolute Gasteiger partial charge is 0.278 e. The minimum Gasteiger partial charge on any atom is -0.494 e. The molecule has 1 heterocycles. The van der Waals surface area contributed by atoms with E-state index in [2.05, 4.69) is 36.4 Å². The van der Waals surface area contributed by atoms with Crippen molar-refractivity contribution < 1.29 is 9.53 Å². The summed E-state index contributed by atoms with van der Waals surface area (Å²) in [5.74, 6) is 0.368. The standard InChI is InChI=1S/C21H24N4O2/c1-14-19(23-24-25(14)17-8-6-7-9-18(17)27-5)20(26)22-16-12-10-15(11-13-16)21(2,3)4/h6-13H,1-5H3,(H,22,26). The van der Waals surface area contributed by atoms with Crippen LogP contribution >= 0.6 is 0 Å². The summed E-state index contributed by atoms with van der Waals surface area (Å²) in [4.78, 5) is 12.7. The van der Waals surface area contributed by atoms with Gasteiger partial charge in [0.05, 0.1) is 12.8 Å². The molecule has 0 atom stereocenters. The Kier molecular flexibility index (Phi) is 4.99. The number of hydrogen-bond donors (Lipinski definition) is 1. The van der Waals surface area contributed by atoms with Gasteiger partial charge >= 0.3 is 0 Å². The van der Waals surface area contributed by atoms with E-state index in [0.717, 1.165) is 11.4 Å². The lowest BCUT2D eigenvalue weighted by molar-refractivity contribution is 0.102. The molecule has 27 heavy (non-hydrogen) atoms. The normalized spacial score (nSPS) is 11.3. The number of hydrogen-bond acceptors (Lipinski definition) is 4. The molecule has 0 aliphatic rings. The monoisotopic (exact) mass is 364 g/mol. The molecule has 2 aromatic carbocycles. The van der Waals surface area contributed by atoms with Crippen LogP contribution in [0.25, 0.3) is 5.69 Å². The third-order valence-electron chi connectivity index (χ3n) is 4.43. The van der Waals surface area contributed by atoms with Crippen molar-refractivity contribution in [2.45, 2.75) is 33.1 Å². The van der Waals surface area contributed by atoms with Crippen molar-refractivity contribution in [2.24, 2.45) is 0 Å². The van der Waals surface area contributed by atoms with Gasteiger partial charge in [-0.15, -0.1) is 5.10 Å². The van der Waals surface area contributed by atoms with E-state index in [4.69, 9.17) is 4.74 Å². The van der Waals surface area contributed by atoms with E-state index in [1.54, 1.807) is 11.8 Å². The lowest BCUT2D eigenvalue weighted by atomic mass is 9.87. The lowest BCUT2D eigenvalue weighted by Crippen LogP contribution is -2.15. The molecule has 0 aliphatic carbocycles. The molecule has 6 nitrogen and oxygen atoms in total. The third-order valence-corrected chi connectivity index (χ3v) is 4.43. The Morgan fingerprint density at radius 2 is 1.74 bits per heavy atom. The molecule has 0 saturated carbocycles. The van der Waals surface area contributed by atoms with E-state index < -0.39 is 0 Å². The van der Waals surface area contributed by atoms with Gasteiger partial charge in [-0.25, -0.2) is 4.68 Å². The SMILES string of the molecule is COc1ccccc1-n1nnc(C(=O)Nc2ccc(C(C)(C)C)cc2)c1C. The van der Waals surface area contributed by atoms with Gasteiger partial charge in [-0.05, 0) is 42.2 Å². The van der Waals surface area contributed by atoms with Crippen LogP contribution in [0.1, 0.15) is 42.5 Å². The van der Waals surface area contributed by atoms with Crippen LogP contribution in [0.5, 0.6) is 5.75 Å². The quantitative estimate of drug-likeness (QED) is 0.756. The minimum atomic E-state index is -0.294.